The lowest BCUT2D eigenvalue weighted by atomic mass is 9.78. The molecule has 0 aromatic heterocycles. The van der Waals surface area contributed by atoms with Crippen LogP contribution in [0.4, 0.5) is 0 Å². The second-order valence-electron chi connectivity index (χ2n) is 7.17. The molecule has 0 radical (unpaired) electrons. The summed E-state index contributed by atoms with van der Waals surface area (Å²) in [5.74, 6) is -1.52. The van der Waals surface area contributed by atoms with E-state index >= 15 is 0 Å². The molecule has 5 atom stereocenters. The van der Waals surface area contributed by atoms with Gasteiger partial charge in [0.25, 0.3) is 0 Å². The van der Waals surface area contributed by atoms with E-state index in [0.29, 0.717) is 12.8 Å². The Balaban J connectivity index is 2.40. The molecular weight excluding hydrogens is 335 g/mol. The van der Waals surface area contributed by atoms with Crippen molar-refractivity contribution in [3.63, 3.8) is 0 Å². The number of aliphatic carboxylic acids is 1. The molecule has 0 aromatic rings. The summed E-state index contributed by atoms with van der Waals surface area (Å²) in [5, 5.41) is 20.4. The first kappa shape index (κ1) is 18.6. The molecule has 2 aliphatic rings. The standard InChI is InChI=1S/C18H24Cl2O3/c1-5-6-7-11-10(2)12(8-13(11)21)18(16(22)23)14(9-15(19)20)17(18,3)4/h5-6,9,11-14,21H,2,7-8H2,1,3-4H3,(H,22,23)/b6-5-/t11-,12+,13+,14-,18-/m0/s1. The molecule has 0 aliphatic heterocycles. The summed E-state index contributed by atoms with van der Waals surface area (Å²) in [6, 6.07) is 0. The number of rotatable bonds is 5. The van der Waals surface area contributed by atoms with Gasteiger partial charge in [-0.05, 0) is 37.2 Å². The zero-order chi connectivity index (χ0) is 17.6. The van der Waals surface area contributed by atoms with Gasteiger partial charge in [0.15, 0.2) is 0 Å². The van der Waals surface area contributed by atoms with Gasteiger partial charge in [0.1, 0.15) is 4.49 Å². The number of hydrogen-bond donors (Lipinski definition) is 2. The highest BCUT2D eigenvalue weighted by atomic mass is 35.5. The van der Waals surface area contributed by atoms with Crippen LogP contribution in [0.15, 0.2) is 34.9 Å². The number of aliphatic hydroxyl groups is 1. The zero-order valence-corrected chi connectivity index (χ0v) is 15.2. The second kappa shape index (κ2) is 6.27. The van der Waals surface area contributed by atoms with Crippen molar-refractivity contribution in [3.8, 4) is 0 Å². The lowest BCUT2D eigenvalue weighted by Crippen LogP contribution is -2.30. The Hall–Kier alpha value is -0.770. The SMILES string of the molecule is C=C1[C@H]([C@@]2(C(=O)O)[C@@H](C=C(Cl)Cl)C2(C)C)C[C@@H](O)[C@H]1C/C=C\C. The lowest BCUT2D eigenvalue weighted by Gasteiger charge is -2.25. The molecule has 5 heteroatoms. The van der Waals surface area contributed by atoms with E-state index in [0.717, 1.165) is 5.57 Å². The quantitative estimate of drug-likeness (QED) is 0.708. The predicted octanol–water partition coefficient (Wildman–Crippen LogP) is 4.55. The maximum absolute atomic E-state index is 12.2. The smallest absolute Gasteiger partial charge is 0.311 e. The van der Waals surface area contributed by atoms with Crippen molar-refractivity contribution in [3.05, 3.63) is 34.9 Å². The van der Waals surface area contributed by atoms with Crippen LogP contribution in [0.25, 0.3) is 0 Å². The third kappa shape index (κ3) is 2.67. The first-order valence-electron chi connectivity index (χ1n) is 7.86. The average Bonchev–Trinajstić information content (AvgIpc) is 2.76. The molecule has 0 spiro atoms. The van der Waals surface area contributed by atoms with E-state index in [1.807, 2.05) is 32.9 Å². The highest BCUT2D eigenvalue weighted by molar-refractivity contribution is 6.55. The summed E-state index contributed by atoms with van der Waals surface area (Å²) in [7, 11) is 0. The molecule has 23 heavy (non-hydrogen) atoms. The van der Waals surface area contributed by atoms with Gasteiger partial charge in [0, 0.05) is 11.8 Å². The van der Waals surface area contributed by atoms with Crippen LogP contribution < -0.4 is 0 Å². The lowest BCUT2D eigenvalue weighted by molar-refractivity contribution is -0.147. The molecular formula is C18H24Cl2O3. The van der Waals surface area contributed by atoms with Crippen LogP contribution in [0.3, 0.4) is 0 Å². The van der Waals surface area contributed by atoms with Gasteiger partial charge in [-0.1, -0.05) is 61.4 Å². The van der Waals surface area contributed by atoms with Crippen LogP contribution >= 0.6 is 23.2 Å². The Morgan fingerprint density at radius 3 is 2.52 bits per heavy atom. The number of hydrogen-bond acceptors (Lipinski definition) is 2. The third-order valence-corrected chi connectivity index (χ3v) is 6.19. The summed E-state index contributed by atoms with van der Waals surface area (Å²) in [4.78, 5) is 12.2. The van der Waals surface area contributed by atoms with Crippen LogP contribution in [0.2, 0.25) is 0 Å². The Labute approximate surface area is 147 Å². The number of aliphatic hydroxyl groups excluding tert-OH is 1. The molecule has 0 amide bonds. The molecule has 2 fully saturated rings. The molecule has 128 valence electrons. The van der Waals surface area contributed by atoms with Crippen molar-refractivity contribution >= 4 is 29.2 Å². The minimum atomic E-state index is -1.01. The molecule has 2 aliphatic carbocycles. The van der Waals surface area contributed by atoms with E-state index < -0.39 is 22.9 Å². The van der Waals surface area contributed by atoms with E-state index in [2.05, 4.69) is 6.58 Å². The Bertz CT molecular complexity index is 575. The van der Waals surface area contributed by atoms with E-state index in [9.17, 15) is 15.0 Å². The monoisotopic (exact) mass is 358 g/mol. The highest BCUT2D eigenvalue weighted by Crippen LogP contribution is 2.76. The minimum absolute atomic E-state index is 0.0841. The van der Waals surface area contributed by atoms with E-state index in [-0.39, 0.29) is 22.2 Å². The largest absolute Gasteiger partial charge is 0.481 e. The maximum atomic E-state index is 12.2. The van der Waals surface area contributed by atoms with Gasteiger partial charge in [0.2, 0.25) is 0 Å². The van der Waals surface area contributed by atoms with Crippen LogP contribution in [-0.4, -0.2) is 22.3 Å². The molecule has 2 saturated carbocycles. The molecule has 0 heterocycles. The Morgan fingerprint density at radius 2 is 2.04 bits per heavy atom. The van der Waals surface area contributed by atoms with Gasteiger partial charge in [-0.25, -0.2) is 0 Å². The Morgan fingerprint density at radius 1 is 1.43 bits per heavy atom. The van der Waals surface area contributed by atoms with Crippen molar-refractivity contribution in [2.75, 3.05) is 0 Å². The topological polar surface area (TPSA) is 57.5 Å². The van der Waals surface area contributed by atoms with Crippen molar-refractivity contribution in [1.29, 1.82) is 0 Å². The van der Waals surface area contributed by atoms with Crippen molar-refractivity contribution in [2.45, 2.75) is 39.7 Å². The Kier molecular flexibility index (Phi) is 5.06. The third-order valence-electron chi connectivity index (χ3n) is 5.94. The first-order chi connectivity index (χ1) is 10.6. The van der Waals surface area contributed by atoms with Crippen LogP contribution in [0.5, 0.6) is 0 Å². The minimum Gasteiger partial charge on any atom is -0.481 e. The van der Waals surface area contributed by atoms with Crippen molar-refractivity contribution in [1.82, 2.24) is 0 Å². The summed E-state index contributed by atoms with van der Waals surface area (Å²) in [6.07, 6.45) is 6.07. The second-order valence-corrected chi connectivity index (χ2v) is 8.18. The molecule has 2 N–H and O–H groups in total. The number of halogens is 2. The van der Waals surface area contributed by atoms with E-state index in [1.54, 1.807) is 6.08 Å². The summed E-state index contributed by atoms with van der Waals surface area (Å²) in [5.41, 5.74) is -0.672. The molecule has 0 aromatic carbocycles. The number of carboxylic acid groups (broad SMARTS) is 1. The van der Waals surface area contributed by atoms with Crippen molar-refractivity contribution < 1.29 is 15.0 Å². The van der Waals surface area contributed by atoms with Crippen molar-refractivity contribution in [2.24, 2.45) is 28.6 Å². The van der Waals surface area contributed by atoms with Gasteiger partial charge < -0.3 is 10.2 Å². The number of carboxylic acids is 1. The first-order valence-corrected chi connectivity index (χ1v) is 8.62. The van der Waals surface area contributed by atoms with E-state index in [4.69, 9.17) is 23.2 Å². The van der Waals surface area contributed by atoms with Gasteiger partial charge in [-0.15, -0.1) is 0 Å². The van der Waals surface area contributed by atoms with Crippen LogP contribution in [-0.2, 0) is 4.79 Å². The highest BCUT2D eigenvalue weighted by Gasteiger charge is 2.79. The van der Waals surface area contributed by atoms with Gasteiger partial charge >= 0.3 is 5.97 Å². The summed E-state index contributed by atoms with van der Waals surface area (Å²) in [6.45, 7) is 9.90. The number of allylic oxidation sites excluding steroid dienone is 3. The predicted molar refractivity (Wildman–Crippen MR) is 93.3 cm³/mol. The molecule has 2 rings (SSSR count). The average molecular weight is 359 g/mol. The number of carbonyl (C=O) groups is 1. The van der Waals surface area contributed by atoms with Gasteiger partial charge in [-0.3, -0.25) is 4.79 Å². The molecule has 0 saturated heterocycles. The molecule has 3 nitrogen and oxygen atoms in total. The fourth-order valence-corrected chi connectivity index (χ4v) is 4.91. The van der Waals surface area contributed by atoms with Crippen LogP contribution in [0, 0.1) is 28.6 Å². The van der Waals surface area contributed by atoms with Crippen LogP contribution in [0.1, 0.15) is 33.6 Å². The van der Waals surface area contributed by atoms with Gasteiger partial charge in [-0.2, -0.15) is 0 Å². The summed E-state index contributed by atoms with van der Waals surface area (Å²) >= 11 is 11.6. The molecule has 0 bridgehead atoms. The fourth-order valence-electron chi connectivity index (χ4n) is 4.66. The maximum Gasteiger partial charge on any atom is 0.311 e. The van der Waals surface area contributed by atoms with E-state index in [1.165, 1.54) is 0 Å². The normalized spacial score (nSPS) is 38.8. The molecule has 0 unspecified atom stereocenters. The fraction of sp³-hybridized carbons (Fsp3) is 0.611. The summed E-state index contributed by atoms with van der Waals surface area (Å²) < 4.78 is 0.0841. The zero-order valence-electron chi connectivity index (χ0n) is 13.7. The van der Waals surface area contributed by atoms with Gasteiger partial charge in [0.05, 0.1) is 11.5 Å².